The van der Waals surface area contributed by atoms with Crippen molar-refractivity contribution in [2.75, 3.05) is 18.1 Å². The summed E-state index contributed by atoms with van der Waals surface area (Å²) in [4.78, 5) is 11.9. The molecule has 1 aliphatic heterocycles. The standard InChI is InChI=1S/C13H16F2N2O3S/c1-21(19,20)7-9-3-2-4-10(5-9)17-12(18)11-6-13(14,15)8-16-11/h2-5,11,16H,6-8H2,1H3,(H,17,18). The first kappa shape index (κ1) is 15.8. The van der Waals surface area contributed by atoms with Gasteiger partial charge < -0.3 is 5.32 Å². The Labute approximate surface area is 121 Å². The van der Waals surface area contributed by atoms with Gasteiger partial charge in [-0.3, -0.25) is 10.1 Å². The number of carbonyl (C=O) groups is 1. The summed E-state index contributed by atoms with van der Waals surface area (Å²) < 4.78 is 48.5. The highest BCUT2D eigenvalue weighted by atomic mass is 32.2. The average molecular weight is 318 g/mol. The maximum Gasteiger partial charge on any atom is 0.262 e. The first-order valence-electron chi connectivity index (χ1n) is 6.33. The van der Waals surface area contributed by atoms with Gasteiger partial charge in [-0.1, -0.05) is 12.1 Å². The highest BCUT2D eigenvalue weighted by Crippen LogP contribution is 2.25. The number of nitrogens with one attached hydrogen (secondary N) is 2. The van der Waals surface area contributed by atoms with Gasteiger partial charge in [0, 0.05) is 18.4 Å². The second-order valence-corrected chi connectivity index (χ2v) is 7.39. The van der Waals surface area contributed by atoms with E-state index in [9.17, 15) is 22.0 Å². The van der Waals surface area contributed by atoms with E-state index in [0.29, 0.717) is 11.3 Å². The number of hydrogen-bond acceptors (Lipinski definition) is 4. The summed E-state index contributed by atoms with van der Waals surface area (Å²) >= 11 is 0. The number of sulfone groups is 1. The first-order chi connectivity index (χ1) is 9.65. The normalized spacial score (nSPS) is 21.2. The molecule has 1 aromatic rings. The highest BCUT2D eigenvalue weighted by Gasteiger charge is 2.42. The molecular formula is C13H16F2N2O3S. The lowest BCUT2D eigenvalue weighted by Gasteiger charge is -2.12. The van der Waals surface area contributed by atoms with Gasteiger partial charge >= 0.3 is 0 Å². The van der Waals surface area contributed by atoms with E-state index in [-0.39, 0.29) is 5.75 Å². The van der Waals surface area contributed by atoms with Crippen LogP contribution in [0.4, 0.5) is 14.5 Å². The van der Waals surface area contributed by atoms with Gasteiger partial charge in [-0.25, -0.2) is 17.2 Å². The van der Waals surface area contributed by atoms with Crippen molar-refractivity contribution >= 4 is 21.4 Å². The minimum absolute atomic E-state index is 0.142. The molecule has 0 spiro atoms. The molecule has 116 valence electrons. The third-order valence-corrected chi connectivity index (χ3v) is 3.91. The zero-order chi connectivity index (χ0) is 15.7. The van der Waals surface area contributed by atoms with E-state index in [1.807, 2.05) is 0 Å². The Morgan fingerprint density at radius 3 is 2.76 bits per heavy atom. The molecule has 1 aromatic carbocycles. The molecule has 1 unspecified atom stereocenters. The minimum atomic E-state index is -3.18. The number of rotatable bonds is 4. The lowest BCUT2D eigenvalue weighted by Crippen LogP contribution is -2.35. The summed E-state index contributed by atoms with van der Waals surface area (Å²) in [7, 11) is -3.18. The fourth-order valence-electron chi connectivity index (χ4n) is 2.17. The number of carbonyl (C=O) groups excluding carboxylic acids is 1. The lowest BCUT2D eigenvalue weighted by atomic mass is 10.1. The third-order valence-electron chi connectivity index (χ3n) is 3.05. The van der Waals surface area contributed by atoms with Crippen LogP contribution >= 0.6 is 0 Å². The van der Waals surface area contributed by atoms with E-state index in [1.165, 1.54) is 6.07 Å². The molecule has 1 saturated heterocycles. The van der Waals surface area contributed by atoms with Crippen molar-refractivity contribution in [1.82, 2.24) is 5.32 Å². The molecule has 0 aromatic heterocycles. The van der Waals surface area contributed by atoms with Crippen molar-refractivity contribution < 1.29 is 22.0 Å². The maximum atomic E-state index is 13.0. The Morgan fingerprint density at radius 2 is 2.19 bits per heavy atom. The fraction of sp³-hybridized carbons (Fsp3) is 0.462. The van der Waals surface area contributed by atoms with Gasteiger partial charge in [-0.15, -0.1) is 0 Å². The molecule has 2 N–H and O–H groups in total. The summed E-state index contributed by atoms with van der Waals surface area (Å²) in [6.45, 7) is -0.515. The van der Waals surface area contributed by atoms with Crippen LogP contribution in [0.15, 0.2) is 24.3 Å². The molecule has 0 radical (unpaired) electrons. The number of hydrogen-bond donors (Lipinski definition) is 2. The number of benzene rings is 1. The molecule has 5 nitrogen and oxygen atoms in total. The Hall–Kier alpha value is -1.54. The molecule has 0 bridgehead atoms. The van der Waals surface area contributed by atoms with E-state index in [4.69, 9.17) is 0 Å². The van der Waals surface area contributed by atoms with Crippen molar-refractivity contribution in [3.63, 3.8) is 0 Å². The largest absolute Gasteiger partial charge is 0.325 e. The first-order valence-corrected chi connectivity index (χ1v) is 8.39. The van der Waals surface area contributed by atoms with E-state index >= 15 is 0 Å². The van der Waals surface area contributed by atoms with Crippen molar-refractivity contribution in [2.45, 2.75) is 24.1 Å². The molecule has 0 aliphatic carbocycles. The van der Waals surface area contributed by atoms with Gasteiger partial charge in [0.05, 0.1) is 18.3 Å². The molecule has 1 aliphatic rings. The fourth-order valence-corrected chi connectivity index (χ4v) is 2.96. The van der Waals surface area contributed by atoms with Crippen LogP contribution in [0.1, 0.15) is 12.0 Å². The smallest absolute Gasteiger partial charge is 0.262 e. The van der Waals surface area contributed by atoms with Crippen molar-refractivity contribution in [2.24, 2.45) is 0 Å². The molecule has 1 fully saturated rings. The van der Waals surface area contributed by atoms with Gasteiger partial charge in [0.15, 0.2) is 9.84 Å². The molecule has 1 amide bonds. The van der Waals surface area contributed by atoms with Crippen molar-refractivity contribution in [1.29, 1.82) is 0 Å². The van der Waals surface area contributed by atoms with Gasteiger partial charge in [0.25, 0.3) is 5.92 Å². The van der Waals surface area contributed by atoms with E-state index < -0.39 is 40.7 Å². The SMILES string of the molecule is CS(=O)(=O)Cc1cccc(NC(=O)C2CC(F)(F)CN2)c1. The number of anilines is 1. The Morgan fingerprint density at radius 1 is 1.48 bits per heavy atom. The van der Waals surface area contributed by atoms with E-state index in [0.717, 1.165) is 6.26 Å². The monoisotopic (exact) mass is 318 g/mol. The minimum Gasteiger partial charge on any atom is -0.325 e. The van der Waals surface area contributed by atoms with Crippen molar-refractivity contribution in [3.05, 3.63) is 29.8 Å². The van der Waals surface area contributed by atoms with Crippen LogP contribution in [0.25, 0.3) is 0 Å². The summed E-state index contributed by atoms with van der Waals surface area (Å²) in [5.74, 6) is -3.57. The molecule has 0 saturated carbocycles. The van der Waals surface area contributed by atoms with E-state index in [1.54, 1.807) is 18.2 Å². The summed E-state index contributed by atoms with van der Waals surface area (Å²) in [5, 5.41) is 4.98. The predicted octanol–water partition coefficient (Wildman–Crippen LogP) is 1.17. The van der Waals surface area contributed by atoms with E-state index in [2.05, 4.69) is 10.6 Å². The van der Waals surface area contributed by atoms with Crippen LogP contribution in [-0.4, -0.2) is 39.1 Å². The molecule has 2 rings (SSSR count). The Kier molecular flexibility index (Phi) is 4.29. The van der Waals surface area contributed by atoms with Crippen LogP contribution in [0.3, 0.4) is 0 Å². The molecular weight excluding hydrogens is 302 g/mol. The van der Waals surface area contributed by atoms with Crippen molar-refractivity contribution in [3.8, 4) is 0 Å². The average Bonchev–Trinajstić information content (AvgIpc) is 2.68. The molecule has 1 heterocycles. The number of alkyl halides is 2. The molecule has 21 heavy (non-hydrogen) atoms. The summed E-state index contributed by atoms with van der Waals surface area (Å²) in [5.41, 5.74) is 0.915. The zero-order valence-electron chi connectivity index (χ0n) is 11.4. The Bertz CT molecular complexity index is 647. The van der Waals surface area contributed by atoms with Gasteiger partial charge in [0.2, 0.25) is 5.91 Å². The van der Waals surface area contributed by atoms with Gasteiger partial charge in [-0.2, -0.15) is 0 Å². The molecule has 8 heteroatoms. The highest BCUT2D eigenvalue weighted by molar-refractivity contribution is 7.89. The summed E-state index contributed by atoms with van der Waals surface area (Å²) in [6.07, 6.45) is 0.574. The van der Waals surface area contributed by atoms with Crippen LogP contribution in [0.2, 0.25) is 0 Å². The maximum absolute atomic E-state index is 13.0. The second kappa shape index (κ2) is 5.69. The van der Waals surface area contributed by atoms with Gasteiger partial charge in [0.1, 0.15) is 0 Å². The predicted molar refractivity (Wildman–Crippen MR) is 75.0 cm³/mol. The topological polar surface area (TPSA) is 75.3 Å². The summed E-state index contributed by atoms with van der Waals surface area (Å²) in [6, 6.07) is 5.38. The van der Waals surface area contributed by atoms with Crippen LogP contribution in [-0.2, 0) is 20.4 Å². The Balaban J connectivity index is 2.03. The van der Waals surface area contributed by atoms with Crippen LogP contribution < -0.4 is 10.6 Å². The number of halogens is 2. The number of amides is 1. The van der Waals surface area contributed by atoms with Crippen LogP contribution in [0, 0.1) is 0 Å². The van der Waals surface area contributed by atoms with Crippen LogP contribution in [0.5, 0.6) is 0 Å². The van der Waals surface area contributed by atoms with Gasteiger partial charge in [-0.05, 0) is 17.7 Å². The lowest BCUT2D eigenvalue weighted by molar-refractivity contribution is -0.118. The third kappa shape index (κ3) is 4.75. The zero-order valence-corrected chi connectivity index (χ0v) is 12.2. The quantitative estimate of drug-likeness (QED) is 0.874. The second-order valence-electron chi connectivity index (χ2n) is 5.25. The molecule has 1 atom stereocenters.